The van der Waals surface area contributed by atoms with Crippen LogP contribution >= 0.6 is 22.6 Å². The molecule has 0 heterocycles. The molecule has 1 atom stereocenters. The van der Waals surface area contributed by atoms with Gasteiger partial charge in [0.1, 0.15) is 6.04 Å². The summed E-state index contributed by atoms with van der Waals surface area (Å²) in [6.07, 6.45) is 3.76. The summed E-state index contributed by atoms with van der Waals surface area (Å²) in [5.74, 6) is -1.39. The molecule has 0 saturated carbocycles. The Balaban J connectivity index is 2.88. The zero-order valence-electron chi connectivity index (χ0n) is 10.8. The third-order valence-electron chi connectivity index (χ3n) is 2.65. The summed E-state index contributed by atoms with van der Waals surface area (Å²) in [6, 6.07) is 4.49. The van der Waals surface area contributed by atoms with E-state index in [-0.39, 0.29) is 12.3 Å². The third kappa shape index (κ3) is 4.34. The molecule has 5 heteroatoms. The highest BCUT2D eigenvalue weighted by Crippen LogP contribution is 2.16. The molecule has 1 rings (SSSR count). The van der Waals surface area contributed by atoms with Crippen molar-refractivity contribution < 1.29 is 14.7 Å². The predicted octanol–water partition coefficient (Wildman–Crippen LogP) is 2.75. The number of carbonyl (C=O) groups excluding carboxylic acids is 1. The van der Waals surface area contributed by atoms with Crippen molar-refractivity contribution in [2.24, 2.45) is 0 Å². The third-order valence-corrected chi connectivity index (χ3v) is 4.08. The lowest BCUT2D eigenvalue weighted by atomic mass is 10.1. The maximum absolute atomic E-state index is 12.1. The molecule has 4 nitrogen and oxygen atoms in total. The smallest absolute Gasteiger partial charge is 0.326 e. The highest BCUT2D eigenvalue weighted by atomic mass is 127. The summed E-state index contributed by atoms with van der Waals surface area (Å²) >= 11 is 2.09. The molecule has 19 heavy (non-hydrogen) atoms. The van der Waals surface area contributed by atoms with Crippen LogP contribution in [0.4, 0.5) is 0 Å². The Morgan fingerprint density at radius 2 is 2.16 bits per heavy atom. The average molecular weight is 373 g/mol. The highest BCUT2D eigenvalue weighted by molar-refractivity contribution is 14.1. The molecule has 1 amide bonds. The van der Waals surface area contributed by atoms with Crippen molar-refractivity contribution in [3.63, 3.8) is 0 Å². The SMILES string of the molecule is C/C=C/CC(NC(=O)c1cccc(C)c1I)C(=O)O. The van der Waals surface area contributed by atoms with Crippen molar-refractivity contribution in [2.75, 3.05) is 0 Å². The zero-order chi connectivity index (χ0) is 14.4. The van der Waals surface area contributed by atoms with Gasteiger partial charge in [-0.2, -0.15) is 0 Å². The maximum Gasteiger partial charge on any atom is 0.326 e. The van der Waals surface area contributed by atoms with Crippen molar-refractivity contribution in [3.8, 4) is 0 Å². The fraction of sp³-hybridized carbons (Fsp3) is 0.286. The van der Waals surface area contributed by atoms with E-state index in [1.807, 2.05) is 19.9 Å². The summed E-state index contributed by atoms with van der Waals surface area (Å²) < 4.78 is 0.841. The van der Waals surface area contributed by atoms with E-state index in [9.17, 15) is 9.59 Å². The van der Waals surface area contributed by atoms with Gasteiger partial charge in [0.05, 0.1) is 5.56 Å². The van der Waals surface area contributed by atoms with Crippen LogP contribution in [0.5, 0.6) is 0 Å². The van der Waals surface area contributed by atoms with Gasteiger partial charge in [-0.1, -0.05) is 24.3 Å². The first-order chi connectivity index (χ1) is 8.97. The van der Waals surface area contributed by atoms with Crippen molar-refractivity contribution in [2.45, 2.75) is 26.3 Å². The summed E-state index contributed by atoms with van der Waals surface area (Å²) in [7, 11) is 0. The molecule has 0 bridgehead atoms. The van der Waals surface area contributed by atoms with E-state index < -0.39 is 12.0 Å². The quantitative estimate of drug-likeness (QED) is 0.616. The number of aliphatic carboxylic acids is 1. The van der Waals surface area contributed by atoms with Crippen LogP contribution in [0.1, 0.15) is 29.3 Å². The van der Waals surface area contributed by atoms with Crippen LogP contribution in [0.3, 0.4) is 0 Å². The summed E-state index contributed by atoms with van der Waals surface area (Å²) in [5, 5.41) is 11.6. The summed E-state index contributed by atoms with van der Waals surface area (Å²) in [4.78, 5) is 23.2. The number of allylic oxidation sites excluding steroid dienone is 1. The Hall–Kier alpha value is -1.37. The van der Waals surface area contributed by atoms with Crippen LogP contribution in [-0.2, 0) is 4.79 Å². The van der Waals surface area contributed by atoms with Crippen LogP contribution in [0.2, 0.25) is 0 Å². The van der Waals surface area contributed by atoms with Gasteiger partial charge in [0, 0.05) is 3.57 Å². The first kappa shape index (κ1) is 15.7. The summed E-state index contributed by atoms with van der Waals surface area (Å²) in [5.41, 5.74) is 1.50. The molecule has 0 saturated heterocycles. The molecular weight excluding hydrogens is 357 g/mol. The number of carboxylic acids is 1. The van der Waals surface area contributed by atoms with E-state index in [0.717, 1.165) is 9.13 Å². The number of aryl methyl sites for hydroxylation is 1. The molecule has 0 spiro atoms. The highest BCUT2D eigenvalue weighted by Gasteiger charge is 2.20. The standard InChI is InChI=1S/C14H16INO3/c1-3-4-8-11(14(18)19)16-13(17)10-7-5-6-9(2)12(10)15/h3-7,11H,8H2,1-2H3,(H,16,17)(H,18,19)/b4-3+. The molecule has 0 radical (unpaired) electrons. The molecule has 1 aromatic carbocycles. The van der Waals surface area contributed by atoms with Crippen LogP contribution in [0, 0.1) is 10.5 Å². The Morgan fingerprint density at radius 3 is 2.74 bits per heavy atom. The van der Waals surface area contributed by atoms with Gasteiger partial charge in [-0.3, -0.25) is 4.79 Å². The van der Waals surface area contributed by atoms with Crippen molar-refractivity contribution >= 4 is 34.5 Å². The summed E-state index contributed by atoms with van der Waals surface area (Å²) in [6.45, 7) is 3.72. The number of nitrogens with one attached hydrogen (secondary N) is 1. The first-order valence-corrected chi connectivity index (χ1v) is 6.95. The molecule has 102 valence electrons. The molecule has 2 N–H and O–H groups in total. The molecular formula is C14H16INO3. The van der Waals surface area contributed by atoms with Crippen LogP contribution in [0.25, 0.3) is 0 Å². The number of benzene rings is 1. The van der Waals surface area contributed by atoms with Gasteiger partial charge in [-0.15, -0.1) is 0 Å². The van der Waals surface area contributed by atoms with Crippen LogP contribution in [0.15, 0.2) is 30.4 Å². The Kier molecular flexibility index (Phi) is 6.01. The number of amides is 1. The van der Waals surface area contributed by atoms with E-state index in [1.54, 1.807) is 24.3 Å². The zero-order valence-corrected chi connectivity index (χ0v) is 13.0. The Bertz CT molecular complexity index is 511. The Labute approximate surface area is 126 Å². The maximum atomic E-state index is 12.1. The van der Waals surface area contributed by atoms with Crippen molar-refractivity contribution in [1.29, 1.82) is 0 Å². The molecule has 1 unspecified atom stereocenters. The van der Waals surface area contributed by atoms with Gasteiger partial charge >= 0.3 is 5.97 Å². The number of carbonyl (C=O) groups is 2. The number of hydrogen-bond donors (Lipinski definition) is 2. The second-order valence-electron chi connectivity index (χ2n) is 4.11. The molecule has 0 aliphatic heterocycles. The predicted molar refractivity (Wildman–Crippen MR) is 82.2 cm³/mol. The normalized spacial score (nSPS) is 12.4. The van der Waals surface area contributed by atoms with E-state index in [0.29, 0.717) is 5.56 Å². The van der Waals surface area contributed by atoms with Gasteiger partial charge in [0.25, 0.3) is 5.91 Å². The molecule has 1 aromatic rings. The number of rotatable bonds is 5. The number of carboxylic acid groups (broad SMARTS) is 1. The first-order valence-electron chi connectivity index (χ1n) is 5.87. The van der Waals surface area contributed by atoms with E-state index in [4.69, 9.17) is 5.11 Å². The van der Waals surface area contributed by atoms with Gasteiger partial charge in [-0.05, 0) is 54.5 Å². The van der Waals surface area contributed by atoms with Crippen LogP contribution < -0.4 is 5.32 Å². The average Bonchev–Trinajstić information content (AvgIpc) is 2.37. The minimum Gasteiger partial charge on any atom is -0.480 e. The van der Waals surface area contributed by atoms with Gasteiger partial charge in [0.2, 0.25) is 0 Å². The second kappa shape index (κ2) is 7.28. The van der Waals surface area contributed by atoms with Crippen molar-refractivity contribution in [3.05, 3.63) is 45.0 Å². The monoisotopic (exact) mass is 373 g/mol. The molecule has 0 aromatic heterocycles. The number of halogens is 1. The van der Waals surface area contributed by atoms with Crippen LogP contribution in [-0.4, -0.2) is 23.0 Å². The minimum absolute atomic E-state index is 0.278. The van der Waals surface area contributed by atoms with Crippen molar-refractivity contribution in [1.82, 2.24) is 5.32 Å². The fourth-order valence-electron chi connectivity index (χ4n) is 1.55. The van der Waals surface area contributed by atoms with E-state index in [2.05, 4.69) is 27.9 Å². The number of hydrogen-bond acceptors (Lipinski definition) is 2. The van der Waals surface area contributed by atoms with E-state index in [1.165, 1.54) is 0 Å². The largest absolute Gasteiger partial charge is 0.480 e. The van der Waals surface area contributed by atoms with Gasteiger partial charge < -0.3 is 10.4 Å². The lowest BCUT2D eigenvalue weighted by Crippen LogP contribution is -2.40. The Morgan fingerprint density at radius 1 is 1.47 bits per heavy atom. The van der Waals surface area contributed by atoms with Gasteiger partial charge in [0.15, 0.2) is 0 Å². The molecule has 0 aliphatic carbocycles. The lowest BCUT2D eigenvalue weighted by Gasteiger charge is -2.14. The second-order valence-corrected chi connectivity index (χ2v) is 5.18. The lowest BCUT2D eigenvalue weighted by molar-refractivity contribution is -0.139. The molecule has 0 fully saturated rings. The fourth-order valence-corrected chi connectivity index (χ4v) is 2.16. The molecule has 0 aliphatic rings. The topological polar surface area (TPSA) is 66.4 Å². The minimum atomic E-state index is -1.03. The van der Waals surface area contributed by atoms with E-state index >= 15 is 0 Å². The van der Waals surface area contributed by atoms with Gasteiger partial charge in [-0.25, -0.2) is 4.79 Å².